The summed E-state index contributed by atoms with van der Waals surface area (Å²) in [7, 11) is 0. The van der Waals surface area contributed by atoms with E-state index in [1.165, 1.54) is 18.2 Å². The maximum absolute atomic E-state index is 13.9. The Balaban J connectivity index is 1.64. The van der Waals surface area contributed by atoms with E-state index in [-0.39, 0.29) is 16.6 Å². The average molecular weight is 375 g/mol. The monoisotopic (exact) mass is 375 g/mol. The van der Waals surface area contributed by atoms with Crippen molar-refractivity contribution >= 4 is 16.7 Å². The van der Waals surface area contributed by atoms with Gasteiger partial charge in [0, 0.05) is 39.7 Å². The van der Waals surface area contributed by atoms with Crippen molar-refractivity contribution in [2.24, 2.45) is 5.41 Å². The Morgan fingerprint density at radius 1 is 1.21 bits per heavy atom. The van der Waals surface area contributed by atoms with Crippen LogP contribution in [0.5, 0.6) is 0 Å². The summed E-state index contributed by atoms with van der Waals surface area (Å²) in [5.74, 6) is 0.811. The molecule has 3 heterocycles. The summed E-state index contributed by atoms with van der Waals surface area (Å²) < 4.78 is 16.0. The van der Waals surface area contributed by atoms with Gasteiger partial charge < -0.3 is 4.98 Å². The van der Waals surface area contributed by atoms with Crippen LogP contribution in [0.3, 0.4) is 0 Å². The van der Waals surface area contributed by atoms with Crippen molar-refractivity contribution in [2.75, 3.05) is 0 Å². The van der Waals surface area contributed by atoms with Gasteiger partial charge in [0.1, 0.15) is 5.82 Å². The second kappa shape index (κ2) is 4.80. The number of aromatic amines is 1. The zero-order chi connectivity index (χ0) is 19.4. The summed E-state index contributed by atoms with van der Waals surface area (Å²) >= 11 is 0. The molecular formula is C22H22FN5. The molecule has 0 radical (unpaired) electrons. The largest absolute Gasteiger partial charge is 0.358 e. The van der Waals surface area contributed by atoms with Crippen molar-refractivity contribution in [3.63, 3.8) is 0 Å². The molecule has 4 aromatic rings. The number of imidazole rings is 1. The van der Waals surface area contributed by atoms with Gasteiger partial charge in [0.15, 0.2) is 0 Å². The van der Waals surface area contributed by atoms with Crippen LogP contribution in [-0.2, 0) is 5.41 Å². The molecule has 2 bridgehead atoms. The summed E-state index contributed by atoms with van der Waals surface area (Å²) in [6.07, 6.45) is 4.38. The first-order chi connectivity index (χ1) is 13.3. The van der Waals surface area contributed by atoms with Crippen molar-refractivity contribution in [3.05, 3.63) is 47.3 Å². The summed E-state index contributed by atoms with van der Waals surface area (Å²) in [4.78, 5) is 8.13. The van der Waals surface area contributed by atoms with Crippen LogP contribution in [0.15, 0.2) is 24.4 Å². The van der Waals surface area contributed by atoms with E-state index in [0.29, 0.717) is 11.7 Å². The van der Waals surface area contributed by atoms with Crippen LogP contribution in [-0.4, -0.2) is 24.6 Å². The molecule has 28 heavy (non-hydrogen) atoms. The quantitative estimate of drug-likeness (QED) is 0.515. The molecule has 0 saturated heterocycles. The lowest BCUT2D eigenvalue weighted by Crippen LogP contribution is -2.32. The first-order valence-corrected chi connectivity index (χ1v) is 9.85. The number of benzene rings is 1. The summed E-state index contributed by atoms with van der Waals surface area (Å²) in [5, 5.41) is 9.89. The molecule has 1 N–H and O–H groups in total. The van der Waals surface area contributed by atoms with Gasteiger partial charge in [-0.25, -0.2) is 9.37 Å². The minimum atomic E-state index is -0.247. The number of nitrogens with one attached hydrogen (secondary N) is 1. The molecule has 1 saturated carbocycles. The normalized spacial score (nSPS) is 25.1. The first-order valence-electron chi connectivity index (χ1n) is 9.85. The fourth-order valence-electron chi connectivity index (χ4n) is 5.81. The van der Waals surface area contributed by atoms with Gasteiger partial charge in [-0.1, -0.05) is 20.8 Å². The highest BCUT2D eigenvalue weighted by molar-refractivity contribution is 5.96. The fourth-order valence-corrected chi connectivity index (χ4v) is 5.81. The Labute approximate surface area is 162 Å². The van der Waals surface area contributed by atoms with Gasteiger partial charge in [0.25, 0.3) is 5.78 Å². The molecule has 0 unspecified atom stereocenters. The number of nitrogens with zero attached hydrogens (tertiary/aromatic N) is 4. The van der Waals surface area contributed by atoms with Gasteiger partial charge in [-0.3, -0.25) is 4.40 Å². The van der Waals surface area contributed by atoms with E-state index in [1.807, 2.05) is 6.92 Å². The number of aromatic nitrogens is 5. The average Bonchev–Trinajstić information content (AvgIpc) is 3.30. The van der Waals surface area contributed by atoms with Gasteiger partial charge in [-0.05, 0) is 43.4 Å². The van der Waals surface area contributed by atoms with Crippen molar-refractivity contribution in [2.45, 2.75) is 51.9 Å². The smallest absolute Gasteiger partial charge is 0.254 e. The Hall–Kier alpha value is -2.76. The van der Waals surface area contributed by atoms with E-state index in [1.54, 1.807) is 12.1 Å². The Morgan fingerprint density at radius 2 is 2.04 bits per heavy atom. The number of rotatable bonds is 1. The van der Waals surface area contributed by atoms with Gasteiger partial charge >= 0.3 is 0 Å². The second-order valence-corrected chi connectivity index (χ2v) is 9.19. The molecule has 2 atom stereocenters. The summed E-state index contributed by atoms with van der Waals surface area (Å²) in [6, 6.07) is 4.82. The number of H-pyrrole nitrogens is 1. The predicted octanol–water partition coefficient (Wildman–Crippen LogP) is 4.90. The number of aryl methyl sites for hydroxylation is 1. The molecule has 5 nitrogen and oxygen atoms in total. The molecule has 1 aromatic carbocycles. The van der Waals surface area contributed by atoms with Gasteiger partial charge in [-0.2, -0.15) is 0 Å². The molecule has 3 aromatic heterocycles. The van der Waals surface area contributed by atoms with Crippen LogP contribution in [0.2, 0.25) is 0 Å². The number of hydrogen-bond donors (Lipinski definition) is 1. The molecule has 1 fully saturated rings. The number of fused-ring (bicyclic) bond motifs is 8. The van der Waals surface area contributed by atoms with Crippen molar-refractivity contribution in [1.82, 2.24) is 24.6 Å². The first kappa shape index (κ1) is 16.2. The highest BCUT2D eigenvalue weighted by Gasteiger charge is 2.61. The molecule has 0 amide bonds. The van der Waals surface area contributed by atoms with Gasteiger partial charge in [0.2, 0.25) is 0 Å². The molecule has 142 valence electrons. The number of halogens is 1. The van der Waals surface area contributed by atoms with E-state index in [0.717, 1.165) is 40.0 Å². The molecule has 2 aliphatic carbocycles. The Bertz CT molecular complexity index is 1300. The number of hydrogen-bond acceptors (Lipinski definition) is 3. The van der Waals surface area contributed by atoms with Crippen molar-refractivity contribution in [3.8, 4) is 11.3 Å². The second-order valence-electron chi connectivity index (χ2n) is 9.19. The molecule has 6 rings (SSSR count). The maximum Gasteiger partial charge on any atom is 0.254 e. The van der Waals surface area contributed by atoms with Crippen molar-refractivity contribution in [1.29, 1.82) is 0 Å². The van der Waals surface area contributed by atoms with Crippen LogP contribution in [0.1, 0.15) is 56.6 Å². The van der Waals surface area contributed by atoms with E-state index < -0.39 is 0 Å². The molecular weight excluding hydrogens is 353 g/mol. The molecule has 0 aliphatic heterocycles. The SMILES string of the molecule is Cc1[nH]c2ccc(F)cc2c1-c1cn2c3c(nnc2n1)[C@H]1CC[C@@]3(C)C1(C)C. The van der Waals surface area contributed by atoms with Crippen LogP contribution < -0.4 is 0 Å². The predicted molar refractivity (Wildman–Crippen MR) is 106 cm³/mol. The zero-order valence-corrected chi connectivity index (χ0v) is 16.5. The lowest BCUT2D eigenvalue weighted by molar-refractivity contribution is 0.225. The molecule has 2 aliphatic rings. The van der Waals surface area contributed by atoms with Crippen LogP contribution in [0.25, 0.3) is 27.9 Å². The van der Waals surface area contributed by atoms with Crippen LogP contribution in [0, 0.1) is 18.2 Å². The van der Waals surface area contributed by atoms with E-state index in [9.17, 15) is 4.39 Å². The fraction of sp³-hybridized carbons (Fsp3) is 0.409. The van der Waals surface area contributed by atoms with Gasteiger partial charge in [0.05, 0.1) is 17.1 Å². The lowest BCUT2D eigenvalue weighted by Gasteiger charge is -2.34. The molecule has 6 heteroatoms. The Kier molecular flexibility index (Phi) is 2.78. The third-order valence-corrected chi connectivity index (χ3v) is 7.70. The maximum atomic E-state index is 13.9. The zero-order valence-electron chi connectivity index (χ0n) is 16.5. The highest BCUT2D eigenvalue weighted by Crippen LogP contribution is 2.66. The standard InChI is InChI=1S/C22H22FN5/c1-11-17(13-9-12(23)5-6-15(13)24-11)16-10-28-19-18(26-27-20(28)25-16)14-7-8-22(19,4)21(14,2)3/h5-6,9-10,14,24H,7-8H2,1-4H3/t14-,22-/m1/s1. The minimum absolute atomic E-state index is 0.0561. The van der Waals surface area contributed by atoms with Crippen molar-refractivity contribution < 1.29 is 4.39 Å². The lowest BCUT2D eigenvalue weighted by atomic mass is 9.70. The summed E-state index contributed by atoms with van der Waals surface area (Å²) in [6.45, 7) is 9.05. The summed E-state index contributed by atoms with van der Waals surface area (Å²) in [5.41, 5.74) is 6.21. The van der Waals surface area contributed by atoms with Crippen LogP contribution in [0.4, 0.5) is 4.39 Å². The third kappa shape index (κ3) is 1.70. The highest BCUT2D eigenvalue weighted by atomic mass is 19.1. The minimum Gasteiger partial charge on any atom is -0.358 e. The molecule has 0 spiro atoms. The Morgan fingerprint density at radius 3 is 2.86 bits per heavy atom. The van der Waals surface area contributed by atoms with E-state index >= 15 is 0 Å². The van der Waals surface area contributed by atoms with Gasteiger partial charge in [-0.15, -0.1) is 10.2 Å². The van der Waals surface area contributed by atoms with Crippen LogP contribution >= 0.6 is 0 Å². The van der Waals surface area contributed by atoms with E-state index in [2.05, 4.69) is 46.6 Å². The third-order valence-electron chi connectivity index (χ3n) is 7.70. The van der Waals surface area contributed by atoms with E-state index in [4.69, 9.17) is 4.98 Å². The topological polar surface area (TPSA) is 58.9 Å².